The van der Waals surface area contributed by atoms with Crippen LogP contribution in [0.3, 0.4) is 0 Å². The first-order valence-corrected chi connectivity index (χ1v) is 7.53. The van der Waals surface area contributed by atoms with Crippen LogP contribution in [0.1, 0.15) is 6.92 Å². The van der Waals surface area contributed by atoms with E-state index < -0.39 is 10.0 Å². The average Bonchev–Trinajstić information content (AvgIpc) is 2.33. The molecule has 2 rings (SSSR count). The highest BCUT2D eigenvalue weighted by molar-refractivity contribution is 7.89. The molecule has 18 heavy (non-hydrogen) atoms. The number of morpholine rings is 1. The molecule has 0 amide bonds. The SMILES string of the molecule is CC1COCCN1S(=O)(=O)c1cnc(Cl)c(Cl)c1. The molecule has 1 aromatic rings. The number of hydrogen-bond acceptors (Lipinski definition) is 4. The zero-order valence-corrected chi connectivity index (χ0v) is 12.0. The van der Waals surface area contributed by atoms with Gasteiger partial charge in [0.15, 0.2) is 0 Å². The fraction of sp³-hybridized carbons (Fsp3) is 0.500. The molecule has 0 saturated carbocycles. The molecule has 2 heterocycles. The Morgan fingerprint density at radius 3 is 2.83 bits per heavy atom. The van der Waals surface area contributed by atoms with Crippen molar-refractivity contribution >= 4 is 33.2 Å². The molecule has 1 aliphatic rings. The lowest BCUT2D eigenvalue weighted by molar-refractivity contribution is 0.0392. The minimum Gasteiger partial charge on any atom is -0.378 e. The molecule has 0 aromatic carbocycles. The smallest absolute Gasteiger partial charge is 0.245 e. The van der Waals surface area contributed by atoms with Crippen LogP contribution < -0.4 is 0 Å². The molecule has 1 saturated heterocycles. The Balaban J connectivity index is 2.37. The summed E-state index contributed by atoms with van der Waals surface area (Å²) in [5, 5.41) is 0.212. The molecule has 0 aliphatic carbocycles. The van der Waals surface area contributed by atoms with E-state index in [1.165, 1.54) is 16.6 Å². The second-order valence-electron chi connectivity index (χ2n) is 3.98. The van der Waals surface area contributed by atoms with E-state index >= 15 is 0 Å². The number of ether oxygens (including phenoxy) is 1. The molecule has 0 radical (unpaired) electrons. The van der Waals surface area contributed by atoms with E-state index in [-0.39, 0.29) is 21.1 Å². The molecule has 1 atom stereocenters. The number of halogens is 2. The molecule has 1 fully saturated rings. The third-order valence-electron chi connectivity index (χ3n) is 2.68. The van der Waals surface area contributed by atoms with Gasteiger partial charge in [0.1, 0.15) is 10.0 Å². The van der Waals surface area contributed by atoms with Crippen molar-refractivity contribution in [3.8, 4) is 0 Å². The molecule has 8 heteroatoms. The van der Waals surface area contributed by atoms with E-state index in [1.807, 2.05) is 0 Å². The standard InChI is InChI=1S/C10H12Cl2N2O3S/c1-7-6-17-3-2-14(7)18(15,16)8-4-9(11)10(12)13-5-8/h4-5,7H,2-3,6H2,1H3. The van der Waals surface area contributed by atoms with Gasteiger partial charge in [-0.3, -0.25) is 0 Å². The number of aromatic nitrogens is 1. The minimum atomic E-state index is -3.60. The monoisotopic (exact) mass is 310 g/mol. The summed E-state index contributed by atoms with van der Waals surface area (Å²) in [5.74, 6) is 0. The summed E-state index contributed by atoms with van der Waals surface area (Å²) < 4.78 is 31.4. The molecule has 100 valence electrons. The van der Waals surface area contributed by atoms with Crippen LogP contribution in [0.15, 0.2) is 17.2 Å². The van der Waals surface area contributed by atoms with Crippen molar-refractivity contribution in [3.05, 3.63) is 22.4 Å². The highest BCUT2D eigenvalue weighted by atomic mass is 35.5. The molecule has 1 aromatic heterocycles. The Morgan fingerprint density at radius 1 is 1.50 bits per heavy atom. The number of nitrogens with zero attached hydrogens (tertiary/aromatic N) is 2. The lowest BCUT2D eigenvalue weighted by Crippen LogP contribution is -2.46. The number of sulfonamides is 1. The number of hydrogen-bond donors (Lipinski definition) is 0. The number of rotatable bonds is 2. The summed E-state index contributed by atoms with van der Waals surface area (Å²) in [4.78, 5) is 3.81. The highest BCUT2D eigenvalue weighted by Crippen LogP contribution is 2.25. The Hall–Kier alpha value is -0.400. The summed E-state index contributed by atoms with van der Waals surface area (Å²) in [6, 6.07) is 1.10. The predicted molar refractivity (Wildman–Crippen MR) is 68.4 cm³/mol. The summed E-state index contributed by atoms with van der Waals surface area (Å²) in [5.41, 5.74) is 0. The van der Waals surface area contributed by atoms with E-state index in [9.17, 15) is 8.42 Å². The maximum absolute atomic E-state index is 12.4. The molecular weight excluding hydrogens is 299 g/mol. The van der Waals surface area contributed by atoms with Crippen LogP contribution >= 0.6 is 23.2 Å². The molecule has 0 spiro atoms. The van der Waals surface area contributed by atoms with Gasteiger partial charge in [0, 0.05) is 18.8 Å². The van der Waals surface area contributed by atoms with E-state index in [0.717, 1.165) is 0 Å². The Morgan fingerprint density at radius 2 is 2.22 bits per heavy atom. The van der Waals surface area contributed by atoms with Gasteiger partial charge in [-0.15, -0.1) is 0 Å². The van der Waals surface area contributed by atoms with Crippen LogP contribution in [0, 0.1) is 0 Å². The van der Waals surface area contributed by atoms with Gasteiger partial charge in [0.2, 0.25) is 10.0 Å². The van der Waals surface area contributed by atoms with Crippen molar-refractivity contribution in [3.63, 3.8) is 0 Å². The van der Waals surface area contributed by atoms with E-state index in [0.29, 0.717) is 19.8 Å². The fourth-order valence-electron chi connectivity index (χ4n) is 1.75. The zero-order valence-electron chi connectivity index (χ0n) is 9.64. The predicted octanol–water partition coefficient (Wildman–Crippen LogP) is 1.80. The van der Waals surface area contributed by atoms with Gasteiger partial charge in [-0.25, -0.2) is 13.4 Å². The molecule has 1 aliphatic heterocycles. The fourth-order valence-corrected chi connectivity index (χ4v) is 3.66. The molecule has 0 bridgehead atoms. The molecular formula is C10H12Cl2N2O3S. The largest absolute Gasteiger partial charge is 0.378 e. The lowest BCUT2D eigenvalue weighted by Gasteiger charge is -2.32. The zero-order chi connectivity index (χ0) is 13.3. The normalized spacial score (nSPS) is 22.1. The summed E-state index contributed by atoms with van der Waals surface area (Å²) in [6.45, 7) is 2.89. The number of pyridine rings is 1. The van der Waals surface area contributed by atoms with Crippen molar-refractivity contribution in [2.45, 2.75) is 17.9 Å². The third kappa shape index (κ3) is 2.62. The third-order valence-corrected chi connectivity index (χ3v) is 5.35. The van der Waals surface area contributed by atoms with Crippen LogP contribution in [0.5, 0.6) is 0 Å². The summed E-state index contributed by atoms with van der Waals surface area (Å²) in [7, 11) is -3.60. The van der Waals surface area contributed by atoms with Crippen molar-refractivity contribution < 1.29 is 13.2 Å². The van der Waals surface area contributed by atoms with Gasteiger partial charge in [-0.05, 0) is 13.0 Å². The van der Waals surface area contributed by atoms with E-state index in [2.05, 4.69) is 4.98 Å². The van der Waals surface area contributed by atoms with Crippen LogP contribution in [-0.4, -0.2) is 43.5 Å². The summed E-state index contributed by atoms with van der Waals surface area (Å²) >= 11 is 11.5. The minimum absolute atomic E-state index is 0.0469. The molecule has 1 unspecified atom stereocenters. The van der Waals surface area contributed by atoms with E-state index in [4.69, 9.17) is 27.9 Å². The lowest BCUT2D eigenvalue weighted by atomic mass is 10.3. The first kappa shape index (κ1) is 14.0. The first-order valence-electron chi connectivity index (χ1n) is 5.33. The van der Waals surface area contributed by atoms with Gasteiger partial charge >= 0.3 is 0 Å². The van der Waals surface area contributed by atoms with Gasteiger partial charge < -0.3 is 4.74 Å². The second-order valence-corrected chi connectivity index (χ2v) is 6.64. The molecule has 5 nitrogen and oxygen atoms in total. The van der Waals surface area contributed by atoms with Crippen LogP contribution in [0.2, 0.25) is 10.2 Å². The maximum Gasteiger partial charge on any atom is 0.245 e. The van der Waals surface area contributed by atoms with Gasteiger partial charge in [0.05, 0.1) is 18.2 Å². The van der Waals surface area contributed by atoms with Crippen molar-refractivity contribution in [2.24, 2.45) is 0 Å². The highest BCUT2D eigenvalue weighted by Gasteiger charge is 2.32. The van der Waals surface area contributed by atoms with Gasteiger partial charge in [-0.1, -0.05) is 23.2 Å². The first-order chi connectivity index (χ1) is 8.43. The quantitative estimate of drug-likeness (QED) is 0.782. The van der Waals surface area contributed by atoms with Crippen LogP contribution in [-0.2, 0) is 14.8 Å². The van der Waals surface area contributed by atoms with Crippen LogP contribution in [0.25, 0.3) is 0 Å². The molecule has 0 N–H and O–H groups in total. The average molecular weight is 311 g/mol. The van der Waals surface area contributed by atoms with Crippen LogP contribution in [0.4, 0.5) is 0 Å². The van der Waals surface area contributed by atoms with Crippen molar-refractivity contribution in [2.75, 3.05) is 19.8 Å². The van der Waals surface area contributed by atoms with Crippen molar-refractivity contribution in [1.29, 1.82) is 0 Å². The Kier molecular flexibility index (Phi) is 4.13. The summed E-state index contributed by atoms with van der Waals surface area (Å²) in [6.07, 6.45) is 1.21. The second kappa shape index (κ2) is 5.30. The van der Waals surface area contributed by atoms with Gasteiger partial charge in [-0.2, -0.15) is 4.31 Å². The maximum atomic E-state index is 12.4. The van der Waals surface area contributed by atoms with Crippen molar-refractivity contribution in [1.82, 2.24) is 9.29 Å². The Bertz CT molecular complexity index is 550. The Labute approximate surface area is 116 Å². The van der Waals surface area contributed by atoms with E-state index in [1.54, 1.807) is 6.92 Å². The topological polar surface area (TPSA) is 59.5 Å². The van der Waals surface area contributed by atoms with Gasteiger partial charge in [0.25, 0.3) is 0 Å².